The lowest BCUT2D eigenvalue weighted by atomic mass is 10.0. The molecule has 3 aromatic rings. The van der Waals surface area contributed by atoms with Crippen molar-refractivity contribution >= 4 is 28.5 Å². The molecule has 2 aromatic heterocycles. The highest BCUT2D eigenvalue weighted by Gasteiger charge is 2.15. The van der Waals surface area contributed by atoms with Crippen molar-refractivity contribution in [1.29, 1.82) is 0 Å². The van der Waals surface area contributed by atoms with Crippen molar-refractivity contribution in [3.63, 3.8) is 0 Å². The van der Waals surface area contributed by atoms with E-state index in [0.717, 1.165) is 48.2 Å². The van der Waals surface area contributed by atoms with Gasteiger partial charge in [-0.2, -0.15) is 0 Å². The molecular weight excluding hydrogens is 342 g/mol. The number of hydrogen-bond acceptors (Lipinski definition) is 4. The van der Waals surface area contributed by atoms with E-state index in [0.29, 0.717) is 5.69 Å². The van der Waals surface area contributed by atoms with Crippen LogP contribution in [0.1, 0.15) is 23.2 Å². The van der Waals surface area contributed by atoms with Gasteiger partial charge in [0.05, 0.1) is 17.6 Å². The Morgan fingerprint density at radius 2 is 2.04 bits per heavy atom. The van der Waals surface area contributed by atoms with Gasteiger partial charge in [-0.1, -0.05) is 6.07 Å². The van der Waals surface area contributed by atoms with Gasteiger partial charge >= 0.3 is 11.8 Å². The molecule has 0 saturated carbocycles. The minimum atomic E-state index is -0.675. The van der Waals surface area contributed by atoms with Gasteiger partial charge in [-0.05, 0) is 60.8 Å². The van der Waals surface area contributed by atoms with E-state index in [9.17, 15) is 9.59 Å². The molecule has 0 atom stereocenters. The molecule has 0 fully saturated rings. The Labute approximate surface area is 156 Å². The van der Waals surface area contributed by atoms with Crippen LogP contribution in [0.2, 0.25) is 0 Å². The van der Waals surface area contributed by atoms with Gasteiger partial charge in [0.1, 0.15) is 0 Å². The summed E-state index contributed by atoms with van der Waals surface area (Å²) in [7, 11) is 0. The lowest BCUT2D eigenvalue weighted by molar-refractivity contribution is -0.136. The maximum Gasteiger partial charge on any atom is 0.313 e. The van der Waals surface area contributed by atoms with Crippen LogP contribution in [-0.4, -0.2) is 28.3 Å². The van der Waals surface area contributed by atoms with Crippen molar-refractivity contribution in [2.75, 3.05) is 11.9 Å². The normalized spacial score (nSPS) is 13.6. The molecule has 138 valence electrons. The van der Waals surface area contributed by atoms with Gasteiger partial charge in [0.15, 0.2) is 0 Å². The number of aromatic amines is 1. The zero-order chi connectivity index (χ0) is 18.6. The zero-order valence-corrected chi connectivity index (χ0v) is 14.8. The minimum Gasteiger partial charge on any atom is -0.356 e. The molecule has 1 aromatic carbocycles. The number of rotatable bonds is 3. The first-order valence-corrected chi connectivity index (χ1v) is 9.03. The number of nitrogens with zero attached hydrogens (tertiary/aromatic N) is 1. The number of anilines is 1. The highest BCUT2D eigenvalue weighted by molar-refractivity contribution is 6.39. The van der Waals surface area contributed by atoms with Crippen molar-refractivity contribution in [1.82, 2.24) is 20.6 Å². The van der Waals surface area contributed by atoms with E-state index in [2.05, 4.69) is 25.9 Å². The number of aromatic nitrogens is 2. The molecular formula is C20H21N5O2. The highest BCUT2D eigenvalue weighted by Crippen LogP contribution is 2.19. The van der Waals surface area contributed by atoms with Crippen molar-refractivity contribution in [3.8, 4) is 0 Å². The largest absolute Gasteiger partial charge is 0.356 e. The van der Waals surface area contributed by atoms with Crippen molar-refractivity contribution < 1.29 is 9.59 Å². The predicted octanol–water partition coefficient (Wildman–Crippen LogP) is 1.85. The predicted molar refractivity (Wildman–Crippen MR) is 103 cm³/mol. The Bertz CT molecular complexity index is 962. The summed E-state index contributed by atoms with van der Waals surface area (Å²) in [6.07, 6.45) is 3.84. The maximum atomic E-state index is 12.2. The second-order valence-corrected chi connectivity index (χ2v) is 6.63. The number of benzene rings is 1. The Morgan fingerprint density at radius 1 is 1.11 bits per heavy atom. The van der Waals surface area contributed by atoms with Gasteiger partial charge in [0.2, 0.25) is 0 Å². The third-order valence-electron chi connectivity index (χ3n) is 4.67. The molecule has 1 aliphatic rings. The van der Waals surface area contributed by atoms with E-state index in [1.54, 1.807) is 6.20 Å². The average molecular weight is 363 g/mol. The van der Waals surface area contributed by atoms with Crippen LogP contribution in [0.3, 0.4) is 0 Å². The standard InChI is InChI=1S/C20H21N5O2/c26-19(23-12-16-10-18-17(24-16)4-2-8-22-18)20(27)25-15-6-5-13-3-1-7-21-11-14(13)9-15/h2,4-6,8-10,21,24H,1,3,7,11-12H2,(H,23,26)(H,25,27). The molecule has 4 N–H and O–H groups in total. The fourth-order valence-corrected chi connectivity index (χ4v) is 3.29. The number of carbonyl (C=O) groups excluding carboxylic acids is 2. The highest BCUT2D eigenvalue weighted by atomic mass is 16.2. The van der Waals surface area contributed by atoms with Crippen LogP contribution in [-0.2, 0) is 29.1 Å². The number of aryl methyl sites for hydroxylation is 1. The van der Waals surface area contributed by atoms with E-state index in [-0.39, 0.29) is 6.54 Å². The van der Waals surface area contributed by atoms with Gasteiger partial charge in [0, 0.05) is 24.1 Å². The molecule has 1 aliphatic heterocycles. The molecule has 0 spiro atoms. The third kappa shape index (κ3) is 3.98. The van der Waals surface area contributed by atoms with E-state index in [1.165, 1.54) is 5.56 Å². The van der Waals surface area contributed by atoms with E-state index < -0.39 is 11.8 Å². The Balaban J connectivity index is 1.36. The van der Waals surface area contributed by atoms with Gasteiger partial charge < -0.3 is 20.9 Å². The number of H-pyrrole nitrogens is 1. The lowest BCUT2D eigenvalue weighted by Crippen LogP contribution is -2.35. The summed E-state index contributed by atoms with van der Waals surface area (Å²) in [6.45, 7) is 2.00. The molecule has 7 heteroatoms. The Kier molecular flexibility index (Phi) is 4.84. The van der Waals surface area contributed by atoms with E-state index in [1.807, 2.05) is 36.4 Å². The van der Waals surface area contributed by atoms with Crippen LogP contribution in [0.15, 0.2) is 42.6 Å². The first-order valence-electron chi connectivity index (χ1n) is 9.03. The summed E-state index contributed by atoms with van der Waals surface area (Å²) in [5, 5.41) is 8.66. The number of hydrogen-bond donors (Lipinski definition) is 4. The van der Waals surface area contributed by atoms with Gasteiger partial charge in [-0.3, -0.25) is 14.6 Å². The first kappa shape index (κ1) is 17.2. The summed E-state index contributed by atoms with van der Waals surface area (Å²) in [4.78, 5) is 31.7. The second kappa shape index (κ2) is 7.59. The minimum absolute atomic E-state index is 0.233. The van der Waals surface area contributed by atoms with E-state index in [4.69, 9.17) is 0 Å². The summed E-state index contributed by atoms with van der Waals surface area (Å²) in [5.74, 6) is -1.35. The third-order valence-corrected chi connectivity index (χ3v) is 4.67. The van der Waals surface area contributed by atoms with E-state index >= 15 is 0 Å². The Hall–Kier alpha value is -3.19. The molecule has 0 aliphatic carbocycles. The first-order chi connectivity index (χ1) is 13.2. The zero-order valence-electron chi connectivity index (χ0n) is 14.8. The topological polar surface area (TPSA) is 98.9 Å². The average Bonchev–Trinajstić information content (AvgIpc) is 2.95. The van der Waals surface area contributed by atoms with Gasteiger partial charge in [-0.25, -0.2) is 0 Å². The SMILES string of the molecule is O=C(NCc1cc2ncccc2[nH]1)C(=O)Nc1ccc2c(c1)CNCCC2. The summed E-state index contributed by atoms with van der Waals surface area (Å²) < 4.78 is 0. The van der Waals surface area contributed by atoms with Crippen molar-refractivity contribution in [3.05, 3.63) is 59.4 Å². The monoisotopic (exact) mass is 363 g/mol. The van der Waals surface area contributed by atoms with Crippen LogP contribution in [0.4, 0.5) is 5.69 Å². The summed E-state index contributed by atoms with van der Waals surface area (Å²) >= 11 is 0. The molecule has 2 amide bonds. The van der Waals surface area contributed by atoms with Gasteiger partial charge in [0.25, 0.3) is 0 Å². The van der Waals surface area contributed by atoms with Crippen LogP contribution < -0.4 is 16.0 Å². The van der Waals surface area contributed by atoms with Crippen LogP contribution in [0.25, 0.3) is 11.0 Å². The van der Waals surface area contributed by atoms with Crippen molar-refractivity contribution in [2.24, 2.45) is 0 Å². The van der Waals surface area contributed by atoms with Gasteiger partial charge in [-0.15, -0.1) is 0 Å². The van der Waals surface area contributed by atoms with Crippen LogP contribution in [0.5, 0.6) is 0 Å². The molecule has 3 heterocycles. The number of nitrogens with one attached hydrogen (secondary N) is 4. The Morgan fingerprint density at radius 3 is 2.93 bits per heavy atom. The quantitative estimate of drug-likeness (QED) is 0.534. The van der Waals surface area contributed by atoms with Crippen LogP contribution in [0, 0.1) is 0 Å². The molecule has 0 unspecified atom stereocenters. The fraction of sp³-hybridized carbons (Fsp3) is 0.250. The number of carbonyl (C=O) groups is 2. The lowest BCUT2D eigenvalue weighted by Gasteiger charge is -2.10. The smallest absolute Gasteiger partial charge is 0.313 e. The molecule has 0 bridgehead atoms. The molecule has 0 saturated heterocycles. The molecule has 27 heavy (non-hydrogen) atoms. The number of amides is 2. The fourth-order valence-electron chi connectivity index (χ4n) is 3.29. The molecule has 0 radical (unpaired) electrons. The maximum absolute atomic E-state index is 12.2. The summed E-state index contributed by atoms with van der Waals surface area (Å²) in [5.41, 5.74) is 5.59. The number of pyridine rings is 1. The van der Waals surface area contributed by atoms with Crippen LogP contribution >= 0.6 is 0 Å². The number of fused-ring (bicyclic) bond motifs is 2. The van der Waals surface area contributed by atoms with Crippen molar-refractivity contribution in [2.45, 2.75) is 25.9 Å². The summed E-state index contributed by atoms with van der Waals surface area (Å²) in [6, 6.07) is 11.4. The molecule has 7 nitrogen and oxygen atoms in total. The molecule has 4 rings (SSSR count). The second-order valence-electron chi connectivity index (χ2n) is 6.63.